The summed E-state index contributed by atoms with van der Waals surface area (Å²) in [5, 5.41) is 14.2. The van der Waals surface area contributed by atoms with Crippen LogP contribution in [0.25, 0.3) is 5.57 Å². The summed E-state index contributed by atoms with van der Waals surface area (Å²) in [6.45, 7) is 5.38. The predicted molar refractivity (Wildman–Crippen MR) is 72.1 cm³/mol. The Bertz CT molecular complexity index is 512. The van der Waals surface area contributed by atoms with Gasteiger partial charge >= 0.3 is 5.69 Å². The molecule has 0 aliphatic carbocycles. The van der Waals surface area contributed by atoms with Crippen LogP contribution in [-0.4, -0.2) is 29.1 Å². The first-order chi connectivity index (χ1) is 9.08. The second kappa shape index (κ2) is 5.79. The number of nitrogens with one attached hydrogen (secondary N) is 1. The lowest BCUT2D eigenvalue weighted by molar-refractivity contribution is -0.386. The minimum atomic E-state index is -0.467. The minimum Gasteiger partial charge on any atom is -0.484 e. The number of rotatable bonds is 4. The third kappa shape index (κ3) is 3.29. The van der Waals surface area contributed by atoms with Crippen LogP contribution in [0.5, 0.6) is 5.75 Å². The van der Waals surface area contributed by atoms with E-state index in [4.69, 9.17) is 4.74 Å². The van der Waals surface area contributed by atoms with Gasteiger partial charge in [0.1, 0.15) is 6.20 Å². The summed E-state index contributed by atoms with van der Waals surface area (Å²) in [5.41, 5.74) is 1.76. The van der Waals surface area contributed by atoms with Crippen molar-refractivity contribution < 1.29 is 9.66 Å². The average molecular weight is 263 g/mol. The largest absolute Gasteiger partial charge is 0.484 e. The van der Waals surface area contributed by atoms with Gasteiger partial charge in [-0.2, -0.15) is 0 Å². The molecular weight excluding hydrogens is 246 g/mol. The Morgan fingerprint density at radius 1 is 1.53 bits per heavy atom. The number of pyridine rings is 1. The number of nitro groups is 1. The van der Waals surface area contributed by atoms with Crippen molar-refractivity contribution in [3.63, 3.8) is 0 Å². The van der Waals surface area contributed by atoms with E-state index in [1.807, 2.05) is 13.8 Å². The number of ether oxygens (including phenoxy) is 1. The van der Waals surface area contributed by atoms with E-state index in [9.17, 15) is 10.1 Å². The van der Waals surface area contributed by atoms with Crippen LogP contribution in [0.3, 0.4) is 0 Å². The van der Waals surface area contributed by atoms with Gasteiger partial charge in [0, 0.05) is 12.6 Å². The van der Waals surface area contributed by atoms with Crippen LogP contribution in [0, 0.1) is 10.1 Å². The Balaban J connectivity index is 2.36. The number of aromatic nitrogens is 1. The first-order valence-corrected chi connectivity index (χ1v) is 6.29. The van der Waals surface area contributed by atoms with Gasteiger partial charge in [-0.3, -0.25) is 10.1 Å². The van der Waals surface area contributed by atoms with E-state index >= 15 is 0 Å². The Hall–Kier alpha value is -1.95. The third-order valence-electron chi connectivity index (χ3n) is 2.80. The quantitative estimate of drug-likeness (QED) is 0.665. The van der Waals surface area contributed by atoms with Crippen LogP contribution >= 0.6 is 0 Å². The molecule has 0 bridgehead atoms. The van der Waals surface area contributed by atoms with Gasteiger partial charge in [0.25, 0.3) is 0 Å². The third-order valence-corrected chi connectivity index (χ3v) is 2.80. The fourth-order valence-corrected chi connectivity index (χ4v) is 1.95. The van der Waals surface area contributed by atoms with Crippen molar-refractivity contribution in [2.24, 2.45) is 0 Å². The minimum absolute atomic E-state index is 0.0908. The molecule has 1 aromatic rings. The highest BCUT2D eigenvalue weighted by Gasteiger charge is 2.19. The molecule has 0 radical (unpaired) electrons. The van der Waals surface area contributed by atoms with Crippen molar-refractivity contribution in [2.45, 2.75) is 26.4 Å². The molecule has 1 aliphatic rings. The highest BCUT2D eigenvalue weighted by atomic mass is 16.6. The van der Waals surface area contributed by atoms with Crippen LogP contribution in [-0.2, 0) is 0 Å². The molecule has 6 heteroatoms. The van der Waals surface area contributed by atoms with Crippen molar-refractivity contribution in [3.05, 3.63) is 34.1 Å². The van der Waals surface area contributed by atoms with Gasteiger partial charge in [0.05, 0.1) is 16.7 Å². The molecule has 1 aromatic heterocycles. The summed E-state index contributed by atoms with van der Waals surface area (Å²) < 4.78 is 5.51. The molecule has 1 N–H and O–H groups in total. The monoisotopic (exact) mass is 263 g/mol. The summed E-state index contributed by atoms with van der Waals surface area (Å²) in [4.78, 5) is 14.7. The van der Waals surface area contributed by atoms with Crippen molar-refractivity contribution in [3.8, 4) is 5.75 Å². The zero-order valence-corrected chi connectivity index (χ0v) is 11.0. The van der Waals surface area contributed by atoms with E-state index < -0.39 is 4.92 Å². The Kier molecular flexibility index (Phi) is 4.11. The zero-order valence-electron chi connectivity index (χ0n) is 11.0. The number of nitrogens with zero attached hydrogens (tertiary/aromatic N) is 2. The number of hydrogen-bond donors (Lipinski definition) is 1. The van der Waals surface area contributed by atoms with Crippen molar-refractivity contribution in [1.82, 2.24) is 10.3 Å². The topological polar surface area (TPSA) is 77.3 Å². The summed E-state index contributed by atoms with van der Waals surface area (Å²) in [7, 11) is 0. The molecule has 19 heavy (non-hydrogen) atoms. The Labute approximate surface area is 111 Å². The van der Waals surface area contributed by atoms with E-state index in [0.717, 1.165) is 30.8 Å². The van der Waals surface area contributed by atoms with Gasteiger partial charge in [0.2, 0.25) is 5.75 Å². The lowest BCUT2D eigenvalue weighted by atomic mass is 10.1. The Morgan fingerprint density at radius 2 is 2.32 bits per heavy atom. The lowest BCUT2D eigenvalue weighted by Crippen LogP contribution is -2.20. The van der Waals surface area contributed by atoms with Gasteiger partial charge < -0.3 is 10.1 Å². The second-order valence-corrected chi connectivity index (χ2v) is 4.64. The number of hydrogen-bond acceptors (Lipinski definition) is 5. The average Bonchev–Trinajstić information content (AvgIpc) is 2.38. The zero-order chi connectivity index (χ0) is 13.8. The standard InChI is InChI=1S/C13H17N3O3/c1-9(2)19-13-7-11(10-3-5-14-6-4-10)15-8-12(13)16(17)18/h3,7-9,14H,4-6H2,1-2H3. The predicted octanol–water partition coefficient (Wildman–Crippen LogP) is 2.15. The van der Waals surface area contributed by atoms with E-state index in [1.54, 1.807) is 6.07 Å². The van der Waals surface area contributed by atoms with E-state index in [2.05, 4.69) is 16.4 Å². The summed E-state index contributed by atoms with van der Waals surface area (Å²) in [6, 6.07) is 1.66. The molecule has 0 amide bonds. The fraction of sp³-hybridized carbons (Fsp3) is 0.462. The summed E-state index contributed by atoms with van der Waals surface area (Å²) in [5.74, 6) is 0.282. The van der Waals surface area contributed by atoms with Crippen molar-refractivity contribution in [1.29, 1.82) is 0 Å². The Morgan fingerprint density at radius 3 is 2.89 bits per heavy atom. The molecule has 6 nitrogen and oxygen atoms in total. The molecular formula is C13H17N3O3. The maximum Gasteiger partial charge on any atom is 0.329 e. The molecule has 0 atom stereocenters. The second-order valence-electron chi connectivity index (χ2n) is 4.64. The molecule has 0 saturated carbocycles. The van der Waals surface area contributed by atoms with Crippen molar-refractivity contribution in [2.75, 3.05) is 13.1 Å². The molecule has 2 rings (SSSR count). The van der Waals surface area contributed by atoms with Gasteiger partial charge in [-0.25, -0.2) is 4.98 Å². The van der Waals surface area contributed by atoms with E-state index in [0.29, 0.717) is 0 Å². The van der Waals surface area contributed by atoms with E-state index in [-0.39, 0.29) is 17.5 Å². The van der Waals surface area contributed by atoms with Gasteiger partial charge in [-0.15, -0.1) is 0 Å². The normalized spacial score (nSPS) is 15.2. The van der Waals surface area contributed by atoms with Crippen LogP contribution < -0.4 is 10.1 Å². The molecule has 2 heterocycles. The molecule has 0 unspecified atom stereocenters. The highest BCUT2D eigenvalue weighted by Crippen LogP contribution is 2.30. The first-order valence-electron chi connectivity index (χ1n) is 6.29. The molecule has 102 valence electrons. The summed E-state index contributed by atoms with van der Waals surface area (Å²) in [6.07, 6.45) is 4.08. The van der Waals surface area contributed by atoms with Crippen molar-refractivity contribution >= 4 is 11.3 Å². The molecule has 1 aliphatic heterocycles. The van der Waals surface area contributed by atoms with Gasteiger partial charge in [-0.1, -0.05) is 6.08 Å². The van der Waals surface area contributed by atoms with Gasteiger partial charge in [0.15, 0.2) is 0 Å². The van der Waals surface area contributed by atoms with Crippen LogP contribution in [0.1, 0.15) is 26.0 Å². The maximum absolute atomic E-state index is 11.0. The lowest BCUT2D eigenvalue weighted by Gasteiger charge is -2.15. The molecule has 0 aromatic carbocycles. The van der Waals surface area contributed by atoms with Crippen LogP contribution in [0.2, 0.25) is 0 Å². The molecule has 0 saturated heterocycles. The maximum atomic E-state index is 11.0. The molecule has 0 fully saturated rings. The van der Waals surface area contributed by atoms with Gasteiger partial charge in [-0.05, 0) is 32.4 Å². The first kappa shape index (κ1) is 13.5. The van der Waals surface area contributed by atoms with Crippen LogP contribution in [0.15, 0.2) is 18.3 Å². The van der Waals surface area contributed by atoms with E-state index in [1.165, 1.54) is 6.20 Å². The molecule has 0 spiro atoms. The fourth-order valence-electron chi connectivity index (χ4n) is 1.95. The smallest absolute Gasteiger partial charge is 0.329 e. The highest BCUT2D eigenvalue weighted by molar-refractivity contribution is 5.66. The summed E-state index contributed by atoms with van der Waals surface area (Å²) >= 11 is 0. The van der Waals surface area contributed by atoms with Crippen LogP contribution in [0.4, 0.5) is 5.69 Å². The SMILES string of the molecule is CC(C)Oc1cc(C2=CCNCC2)ncc1[N+](=O)[O-].